The minimum absolute atomic E-state index is 0.0812. The van der Waals surface area contributed by atoms with Gasteiger partial charge in [0.2, 0.25) is 5.91 Å². The van der Waals surface area contributed by atoms with Crippen molar-refractivity contribution in [2.75, 3.05) is 18.8 Å². The quantitative estimate of drug-likeness (QED) is 0.689. The van der Waals surface area contributed by atoms with Crippen LogP contribution in [0.4, 0.5) is 5.69 Å². The van der Waals surface area contributed by atoms with Crippen molar-refractivity contribution >= 4 is 40.3 Å². The molecule has 1 fully saturated rings. The van der Waals surface area contributed by atoms with Gasteiger partial charge in [-0.15, -0.1) is 0 Å². The molecule has 0 saturated carbocycles. The molecule has 33 heavy (non-hydrogen) atoms. The Kier molecular flexibility index (Phi) is 6.06. The summed E-state index contributed by atoms with van der Waals surface area (Å²) in [6.07, 6.45) is 1.70. The summed E-state index contributed by atoms with van der Waals surface area (Å²) in [6.45, 7) is 5.99. The second-order valence-corrected chi connectivity index (χ2v) is 10.2. The zero-order valence-electron chi connectivity index (χ0n) is 19.0. The van der Waals surface area contributed by atoms with Crippen molar-refractivity contribution in [3.63, 3.8) is 0 Å². The van der Waals surface area contributed by atoms with Crippen LogP contribution in [0.5, 0.6) is 0 Å². The Labute approximate surface area is 198 Å². The van der Waals surface area contributed by atoms with Gasteiger partial charge in [-0.3, -0.25) is 14.6 Å². The van der Waals surface area contributed by atoms with Gasteiger partial charge in [0.15, 0.2) is 5.17 Å². The summed E-state index contributed by atoms with van der Waals surface area (Å²) in [6, 6.07) is 17.2. The first-order chi connectivity index (χ1) is 16.0. The normalized spacial score (nSPS) is 24.2. The van der Waals surface area contributed by atoms with Crippen LogP contribution in [0.15, 0.2) is 64.6 Å². The average Bonchev–Trinajstić information content (AvgIpc) is 3.13. The van der Waals surface area contributed by atoms with Crippen molar-refractivity contribution in [2.45, 2.75) is 32.7 Å². The van der Waals surface area contributed by atoms with Crippen LogP contribution in [-0.2, 0) is 16.0 Å². The number of para-hydroxylation sites is 1. The fraction of sp³-hybridized carbons (Fsp3) is 0.385. The number of fused-ring (bicyclic) bond motifs is 3. The molecule has 3 heterocycles. The molecule has 0 aliphatic carbocycles. The molecule has 2 aromatic rings. The minimum atomic E-state index is -0.487. The SMILES string of the molecule is C[C@@H]1C[C@@H](C)CN(C(=O)CSC2=Nc3ccccc3C3=N[C@H](Cc4ccccc4)C(=O)N23)C1. The number of hydrogen-bond donors (Lipinski definition) is 0. The molecule has 2 aromatic carbocycles. The molecule has 0 unspecified atom stereocenters. The number of amidine groups is 2. The summed E-state index contributed by atoms with van der Waals surface area (Å²) < 4.78 is 0. The molecule has 3 atom stereocenters. The third-order valence-corrected chi connectivity index (χ3v) is 7.29. The number of hydrogen-bond acceptors (Lipinski definition) is 5. The third-order valence-electron chi connectivity index (χ3n) is 6.37. The first kappa shape index (κ1) is 21.9. The van der Waals surface area contributed by atoms with E-state index in [4.69, 9.17) is 9.98 Å². The minimum Gasteiger partial charge on any atom is -0.341 e. The number of nitrogens with zero attached hydrogens (tertiary/aromatic N) is 4. The van der Waals surface area contributed by atoms with Crippen LogP contribution < -0.4 is 0 Å². The molecule has 0 spiro atoms. The predicted octanol–water partition coefficient (Wildman–Crippen LogP) is 4.13. The molecule has 3 aliphatic rings. The molecule has 1 saturated heterocycles. The van der Waals surface area contributed by atoms with Gasteiger partial charge in [0.1, 0.15) is 11.9 Å². The fourth-order valence-electron chi connectivity index (χ4n) is 4.95. The van der Waals surface area contributed by atoms with Crippen molar-refractivity contribution in [3.8, 4) is 0 Å². The topological polar surface area (TPSA) is 65.3 Å². The fourth-order valence-corrected chi connectivity index (χ4v) is 5.86. The molecule has 7 heteroatoms. The van der Waals surface area contributed by atoms with Crippen molar-refractivity contribution in [1.29, 1.82) is 0 Å². The molecular weight excluding hydrogens is 432 g/mol. The van der Waals surface area contributed by atoms with Gasteiger partial charge in [-0.1, -0.05) is 68.1 Å². The van der Waals surface area contributed by atoms with E-state index >= 15 is 0 Å². The first-order valence-electron chi connectivity index (χ1n) is 11.5. The summed E-state index contributed by atoms with van der Waals surface area (Å²) in [5.41, 5.74) is 2.72. The van der Waals surface area contributed by atoms with E-state index in [1.807, 2.05) is 59.5 Å². The highest BCUT2D eigenvalue weighted by atomic mass is 32.2. The van der Waals surface area contributed by atoms with Gasteiger partial charge >= 0.3 is 0 Å². The number of likely N-dealkylation sites (tertiary alicyclic amines) is 1. The molecule has 170 valence electrons. The highest BCUT2D eigenvalue weighted by Gasteiger charge is 2.41. The lowest BCUT2D eigenvalue weighted by Gasteiger charge is -2.35. The molecule has 2 amide bonds. The van der Waals surface area contributed by atoms with Gasteiger partial charge in [0.05, 0.1) is 11.4 Å². The van der Waals surface area contributed by atoms with Gasteiger partial charge < -0.3 is 4.90 Å². The van der Waals surface area contributed by atoms with Crippen molar-refractivity contribution in [3.05, 3.63) is 65.7 Å². The number of piperidine rings is 1. The van der Waals surface area contributed by atoms with E-state index in [-0.39, 0.29) is 17.6 Å². The smallest absolute Gasteiger partial charge is 0.259 e. The second-order valence-electron chi connectivity index (χ2n) is 9.28. The zero-order valence-corrected chi connectivity index (χ0v) is 19.8. The molecule has 0 bridgehead atoms. The van der Waals surface area contributed by atoms with Crippen molar-refractivity contribution in [2.24, 2.45) is 21.8 Å². The van der Waals surface area contributed by atoms with E-state index in [0.29, 0.717) is 29.3 Å². The van der Waals surface area contributed by atoms with Crippen LogP contribution in [0.25, 0.3) is 0 Å². The van der Waals surface area contributed by atoms with Crippen LogP contribution in [0.1, 0.15) is 31.4 Å². The Morgan fingerprint density at radius 3 is 2.48 bits per heavy atom. The second kappa shape index (κ2) is 9.14. The summed E-state index contributed by atoms with van der Waals surface area (Å²) >= 11 is 1.34. The molecule has 6 nitrogen and oxygen atoms in total. The molecule has 0 N–H and O–H groups in total. The number of amides is 2. The van der Waals surface area contributed by atoms with Crippen LogP contribution >= 0.6 is 11.8 Å². The average molecular weight is 461 g/mol. The Morgan fingerprint density at radius 2 is 1.73 bits per heavy atom. The van der Waals surface area contributed by atoms with Gasteiger partial charge in [-0.25, -0.2) is 9.89 Å². The molecule has 3 aliphatic heterocycles. The van der Waals surface area contributed by atoms with Crippen LogP contribution in [0.2, 0.25) is 0 Å². The number of benzene rings is 2. The maximum Gasteiger partial charge on any atom is 0.259 e. The summed E-state index contributed by atoms with van der Waals surface area (Å²) in [5, 5.41) is 0.541. The standard InChI is InChI=1S/C26H28N4O2S/c1-17-12-18(2)15-29(14-17)23(31)16-33-26-28-21-11-7-6-10-20(21)24-27-22(25(32)30(24)26)13-19-8-4-3-5-9-19/h3-11,17-18,22H,12-16H2,1-2H3/t17-,18-,22-/m1/s1. The van der Waals surface area contributed by atoms with E-state index in [0.717, 1.165) is 36.3 Å². The number of carbonyl (C=O) groups excluding carboxylic acids is 2. The maximum absolute atomic E-state index is 13.4. The van der Waals surface area contributed by atoms with Crippen molar-refractivity contribution < 1.29 is 9.59 Å². The van der Waals surface area contributed by atoms with Gasteiger partial charge in [0.25, 0.3) is 5.91 Å². The van der Waals surface area contributed by atoms with Crippen molar-refractivity contribution in [1.82, 2.24) is 9.80 Å². The Bertz CT molecular complexity index is 1120. The van der Waals surface area contributed by atoms with Gasteiger partial charge in [-0.2, -0.15) is 0 Å². The highest BCUT2D eigenvalue weighted by molar-refractivity contribution is 8.14. The number of thioether (sulfide) groups is 1. The molecule has 5 rings (SSSR count). The van der Waals surface area contributed by atoms with Crippen LogP contribution in [-0.4, -0.2) is 57.5 Å². The predicted molar refractivity (Wildman–Crippen MR) is 133 cm³/mol. The first-order valence-corrected chi connectivity index (χ1v) is 12.5. The lowest BCUT2D eigenvalue weighted by molar-refractivity contribution is -0.131. The van der Waals surface area contributed by atoms with E-state index in [1.165, 1.54) is 11.8 Å². The zero-order chi connectivity index (χ0) is 22.9. The molecule has 0 radical (unpaired) electrons. The van der Waals surface area contributed by atoms with Crippen LogP contribution in [0.3, 0.4) is 0 Å². The molecule has 0 aromatic heterocycles. The summed E-state index contributed by atoms with van der Waals surface area (Å²) in [4.78, 5) is 39.6. The van der Waals surface area contributed by atoms with Crippen LogP contribution in [0, 0.1) is 11.8 Å². The van der Waals surface area contributed by atoms with E-state index in [9.17, 15) is 9.59 Å². The monoisotopic (exact) mass is 460 g/mol. The maximum atomic E-state index is 13.4. The number of aliphatic imine (C=N–C) groups is 2. The Morgan fingerprint density at radius 1 is 1.03 bits per heavy atom. The lowest BCUT2D eigenvalue weighted by atomic mass is 9.92. The van der Waals surface area contributed by atoms with Gasteiger partial charge in [-0.05, 0) is 36.0 Å². The number of rotatable bonds is 4. The molecular formula is C26H28N4O2S. The largest absolute Gasteiger partial charge is 0.341 e. The van der Waals surface area contributed by atoms with E-state index in [1.54, 1.807) is 4.90 Å². The summed E-state index contributed by atoms with van der Waals surface area (Å²) in [7, 11) is 0. The van der Waals surface area contributed by atoms with Gasteiger partial charge in [0, 0.05) is 25.1 Å². The summed E-state index contributed by atoms with van der Waals surface area (Å²) in [5.74, 6) is 1.95. The highest BCUT2D eigenvalue weighted by Crippen LogP contribution is 2.34. The Hall–Kier alpha value is -2.93. The lowest BCUT2D eigenvalue weighted by Crippen LogP contribution is -2.45. The van der Waals surface area contributed by atoms with E-state index in [2.05, 4.69) is 13.8 Å². The third kappa shape index (κ3) is 4.47. The number of carbonyl (C=O) groups is 2. The Balaban J connectivity index is 1.37. The van der Waals surface area contributed by atoms with E-state index < -0.39 is 6.04 Å².